The number of rotatable bonds is 5. The zero-order valence-electron chi connectivity index (χ0n) is 19.9. The zero-order valence-corrected chi connectivity index (χ0v) is 19.9. The maximum atomic E-state index is 13.4. The predicted molar refractivity (Wildman–Crippen MR) is 136 cm³/mol. The topological polar surface area (TPSA) is 107 Å². The van der Waals surface area contributed by atoms with Crippen molar-refractivity contribution in [1.29, 1.82) is 0 Å². The highest BCUT2D eigenvalue weighted by molar-refractivity contribution is 5.91. The van der Waals surface area contributed by atoms with E-state index in [9.17, 15) is 19.8 Å². The number of hydrogen-bond donors (Lipinski definition) is 2. The van der Waals surface area contributed by atoms with Gasteiger partial charge in [-0.3, -0.25) is 14.6 Å². The molecule has 5 rings (SSSR count). The highest BCUT2D eigenvalue weighted by atomic mass is 16.3. The fourth-order valence-electron chi connectivity index (χ4n) is 4.73. The second-order valence-corrected chi connectivity index (χ2v) is 9.10. The maximum absolute atomic E-state index is 13.4. The molecule has 1 aliphatic heterocycles. The number of aromatic hydroxyl groups is 2. The third-order valence-electron chi connectivity index (χ3n) is 6.73. The summed E-state index contributed by atoms with van der Waals surface area (Å²) in [5.74, 6) is -1.06. The third kappa shape index (κ3) is 4.55. The Balaban J connectivity index is 1.68. The molecule has 2 N–H and O–H groups in total. The number of pyridine rings is 1. The number of likely N-dealkylation sites (N-methyl/N-ethyl adjacent to an activating group) is 1. The van der Waals surface area contributed by atoms with Gasteiger partial charge in [0.15, 0.2) is 5.43 Å². The molecule has 1 amide bonds. The van der Waals surface area contributed by atoms with Crippen molar-refractivity contribution in [3.63, 3.8) is 0 Å². The molecule has 0 saturated carbocycles. The van der Waals surface area contributed by atoms with Crippen LogP contribution in [-0.4, -0.2) is 64.1 Å². The Bertz CT molecular complexity index is 1450. The Labute approximate surface area is 208 Å². The Morgan fingerprint density at radius 3 is 2.47 bits per heavy atom. The largest absolute Gasteiger partial charge is 0.507 e. The number of hydrogen-bond acceptors (Lipinski definition) is 7. The summed E-state index contributed by atoms with van der Waals surface area (Å²) in [7, 11) is 2.02. The number of carbonyl (C=O) groups is 1. The Morgan fingerprint density at radius 2 is 1.78 bits per heavy atom. The summed E-state index contributed by atoms with van der Waals surface area (Å²) >= 11 is 0. The molecule has 2 aromatic carbocycles. The van der Waals surface area contributed by atoms with Gasteiger partial charge in [-0.2, -0.15) is 0 Å². The van der Waals surface area contributed by atoms with Crippen LogP contribution in [0.2, 0.25) is 0 Å². The van der Waals surface area contributed by atoms with Crippen LogP contribution in [0, 0.1) is 0 Å². The van der Waals surface area contributed by atoms with E-state index in [-0.39, 0.29) is 40.4 Å². The fourth-order valence-corrected chi connectivity index (χ4v) is 4.73. The number of fused-ring (bicyclic) bond motifs is 1. The van der Waals surface area contributed by atoms with Crippen molar-refractivity contribution in [3.8, 4) is 22.8 Å². The van der Waals surface area contributed by atoms with Gasteiger partial charge in [0, 0.05) is 74.2 Å². The molecule has 1 atom stereocenters. The normalized spacial score (nSPS) is 15.2. The van der Waals surface area contributed by atoms with Gasteiger partial charge < -0.3 is 24.4 Å². The van der Waals surface area contributed by atoms with Crippen molar-refractivity contribution < 1.29 is 19.4 Å². The molecule has 0 aliphatic carbocycles. The van der Waals surface area contributed by atoms with E-state index in [1.165, 1.54) is 6.07 Å². The minimum Gasteiger partial charge on any atom is -0.507 e. The molecular weight excluding hydrogens is 458 g/mol. The first kappa shape index (κ1) is 23.6. The van der Waals surface area contributed by atoms with E-state index in [1.54, 1.807) is 18.5 Å². The lowest BCUT2D eigenvalue weighted by molar-refractivity contribution is -0.133. The van der Waals surface area contributed by atoms with Crippen molar-refractivity contribution in [2.45, 2.75) is 12.3 Å². The van der Waals surface area contributed by atoms with Crippen molar-refractivity contribution >= 4 is 16.9 Å². The summed E-state index contributed by atoms with van der Waals surface area (Å²) < 4.78 is 6.19. The lowest BCUT2D eigenvalue weighted by atomic mass is 9.86. The molecule has 1 saturated heterocycles. The summed E-state index contributed by atoms with van der Waals surface area (Å²) in [6.45, 7) is 2.80. The van der Waals surface area contributed by atoms with Crippen LogP contribution in [0.25, 0.3) is 22.3 Å². The van der Waals surface area contributed by atoms with Crippen LogP contribution in [0.5, 0.6) is 11.5 Å². The molecule has 8 heteroatoms. The van der Waals surface area contributed by atoms with Crippen molar-refractivity contribution in [1.82, 2.24) is 14.8 Å². The van der Waals surface area contributed by atoms with Crippen LogP contribution in [-0.2, 0) is 4.79 Å². The monoisotopic (exact) mass is 485 g/mol. The summed E-state index contributed by atoms with van der Waals surface area (Å²) in [6.07, 6.45) is 3.31. The quantitative estimate of drug-likeness (QED) is 0.445. The minimum atomic E-state index is -0.650. The van der Waals surface area contributed by atoms with Crippen LogP contribution in [0.3, 0.4) is 0 Å². The molecule has 1 fully saturated rings. The van der Waals surface area contributed by atoms with E-state index < -0.39 is 11.3 Å². The van der Waals surface area contributed by atoms with E-state index >= 15 is 0 Å². The van der Waals surface area contributed by atoms with Crippen LogP contribution in [0.1, 0.15) is 23.5 Å². The molecular formula is C28H27N3O5. The second-order valence-electron chi connectivity index (χ2n) is 9.10. The average Bonchev–Trinajstić information content (AvgIpc) is 2.89. The summed E-state index contributed by atoms with van der Waals surface area (Å²) in [5, 5.41) is 21.6. The van der Waals surface area contributed by atoms with E-state index in [0.717, 1.165) is 19.2 Å². The molecule has 0 unspecified atom stereocenters. The van der Waals surface area contributed by atoms with Crippen LogP contribution in [0.4, 0.5) is 0 Å². The van der Waals surface area contributed by atoms with Crippen molar-refractivity contribution in [2.75, 3.05) is 33.2 Å². The SMILES string of the molecule is CN1CCN(C(=O)C[C@H](c2cccnc2)c2c(O)cc(O)c3c(=O)cc(-c4ccccc4)oc23)CC1. The van der Waals surface area contributed by atoms with Gasteiger partial charge in [0.2, 0.25) is 5.91 Å². The number of phenols is 2. The van der Waals surface area contributed by atoms with E-state index in [0.29, 0.717) is 30.0 Å². The van der Waals surface area contributed by atoms with Crippen LogP contribution >= 0.6 is 0 Å². The second kappa shape index (κ2) is 9.83. The first-order valence-corrected chi connectivity index (χ1v) is 11.9. The average molecular weight is 486 g/mol. The number of benzene rings is 2. The third-order valence-corrected chi connectivity index (χ3v) is 6.73. The molecule has 0 bridgehead atoms. The number of aromatic nitrogens is 1. The number of carbonyl (C=O) groups excluding carboxylic acids is 1. The van der Waals surface area contributed by atoms with Crippen molar-refractivity contribution in [2.24, 2.45) is 0 Å². The van der Waals surface area contributed by atoms with Crippen LogP contribution in [0.15, 0.2) is 76.2 Å². The van der Waals surface area contributed by atoms with Gasteiger partial charge in [0.25, 0.3) is 0 Å². The first-order chi connectivity index (χ1) is 17.4. The van der Waals surface area contributed by atoms with Crippen molar-refractivity contribution in [3.05, 3.63) is 88.3 Å². The van der Waals surface area contributed by atoms with E-state index in [1.807, 2.05) is 48.3 Å². The minimum absolute atomic E-state index is 0.0385. The van der Waals surface area contributed by atoms with Gasteiger partial charge in [-0.25, -0.2) is 0 Å². The van der Waals surface area contributed by atoms with Gasteiger partial charge >= 0.3 is 0 Å². The molecule has 3 heterocycles. The number of nitrogens with zero attached hydrogens (tertiary/aromatic N) is 3. The molecule has 1 aliphatic rings. The maximum Gasteiger partial charge on any atom is 0.223 e. The molecule has 8 nitrogen and oxygen atoms in total. The Hall–Kier alpha value is -4.17. The van der Waals surface area contributed by atoms with E-state index in [2.05, 4.69) is 9.88 Å². The number of amides is 1. The lowest BCUT2D eigenvalue weighted by Crippen LogP contribution is -2.47. The molecule has 4 aromatic rings. The molecule has 2 aromatic heterocycles. The number of piperazine rings is 1. The van der Waals surface area contributed by atoms with Crippen LogP contribution < -0.4 is 5.43 Å². The highest BCUT2D eigenvalue weighted by Crippen LogP contribution is 2.42. The Morgan fingerprint density at radius 1 is 1.03 bits per heavy atom. The van der Waals surface area contributed by atoms with E-state index in [4.69, 9.17) is 4.42 Å². The van der Waals surface area contributed by atoms with Gasteiger partial charge in [-0.15, -0.1) is 0 Å². The summed E-state index contributed by atoms with van der Waals surface area (Å²) in [4.78, 5) is 34.7. The smallest absolute Gasteiger partial charge is 0.223 e. The predicted octanol–water partition coefficient (Wildman–Crippen LogP) is 3.56. The lowest BCUT2D eigenvalue weighted by Gasteiger charge is -2.33. The van der Waals surface area contributed by atoms with Gasteiger partial charge in [-0.1, -0.05) is 36.4 Å². The van der Waals surface area contributed by atoms with Gasteiger partial charge in [0.1, 0.15) is 28.2 Å². The van der Waals surface area contributed by atoms with Gasteiger partial charge in [0.05, 0.1) is 0 Å². The van der Waals surface area contributed by atoms with Gasteiger partial charge in [-0.05, 0) is 18.7 Å². The molecule has 184 valence electrons. The molecule has 36 heavy (non-hydrogen) atoms. The first-order valence-electron chi connectivity index (χ1n) is 11.9. The fraction of sp³-hybridized carbons (Fsp3) is 0.250. The highest BCUT2D eigenvalue weighted by Gasteiger charge is 2.30. The summed E-state index contributed by atoms with van der Waals surface area (Å²) in [6, 6.07) is 15.2. The standard InChI is InChI=1S/C28H27N3O5/c1-30-10-12-31(13-11-30)25(35)14-20(19-8-5-9-29-17-19)26-21(32)15-22(33)27-23(34)16-24(36-28(26)27)18-6-3-2-4-7-18/h2-9,15-17,20,32-33H,10-14H2,1H3/t20-/m1/s1. The summed E-state index contributed by atoms with van der Waals surface area (Å²) in [5.41, 5.74) is 1.25. The Kier molecular flexibility index (Phi) is 6.43. The molecule has 0 radical (unpaired) electrons. The molecule has 0 spiro atoms. The number of phenolic OH excluding ortho intramolecular Hbond substituents is 2. The zero-order chi connectivity index (χ0) is 25.2.